The molecule has 0 aromatic heterocycles. The van der Waals surface area contributed by atoms with Gasteiger partial charge in [0.05, 0.1) is 21.5 Å². The summed E-state index contributed by atoms with van der Waals surface area (Å²) in [6.07, 6.45) is 0. The van der Waals surface area contributed by atoms with Gasteiger partial charge in [0.2, 0.25) is 10.0 Å². The normalized spacial score (nSPS) is 11.0. The van der Waals surface area contributed by atoms with Crippen molar-refractivity contribution in [3.05, 3.63) is 52.0 Å². The molecule has 0 fully saturated rings. The van der Waals surface area contributed by atoms with Gasteiger partial charge in [-0.3, -0.25) is 4.72 Å². The highest BCUT2D eigenvalue weighted by Crippen LogP contribution is 2.35. The molecule has 2 aromatic carbocycles. The minimum atomic E-state index is -3.57. The van der Waals surface area contributed by atoms with Crippen LogP contribution in [0.3, 0.4) is 0 Å². The molecule has 0 unspecified atom stereocenters. The van der Waals surface area contributed by atoms with Gasteiger partial charge in [-0.15, -0.1) is 0 Å². The number of hydrogen-bond acceptors (Lipinski definition) is 4. The molecule has 0 amide bonds. The minimum absolute atomic E-state index is 0.00672. The number of hydrogen-bond donors (Lipinski definition) is 1. The number of nitrogens with zero attached hydrogens (tertiary/aromatic N) is 1. The highest BCUT2D eigenvalue weighted by Gasteiger charge is 2.16. The van der Waals surface area contributed by atoms with Crippen LogP contribution in [0.25, 0.3) is 0 Å². The summed E-state index contributed by atoms with van der Waals surface area (Å²) in [7, 11) is -3.57. The number of benzene rings is 2. The Kier molecular flexibility index (Phi) is 5.41. The van der Waals surface area contributed by atoms with Crippen molar-refractivity contribution in [2.24, 2.45) is 0 Å². The zero-order valence-electron chi connectivity index (χ0n) is 12.3. The van der Waals surface area contributed by atoms with E-state index >= 15 is 0 Å². The van der Waals surface area contributed by atoms with E-state index in [0.717, 1.165) is 12.1 Å². The van der Waals surface area contributed by atoms with Crippen molar-refractivity contribution in [2.75, 3.05) is 10.5 Å². The Morgan fingerprint density at radius 3 is 2.54 bits per heavy atom. The topological polar surface area (TPSA) is 79.2 Å². The minimum Gasteiger partial charge on any atom is -0.453 e. The van der Waals surface area contributed by atoms with Gasteiger partial charge >= 0.3 is 0 Å². The van der Waals surface area contributed by atoms with Gasteiger partial charge in [0.25, 0.3) is 0 Å². The molecule has 2 aromatic rings. The molecule has 0 saturated carbocycles. The fourth-order valence-corrected chi connectivity index (χ4v) is 2.80. The Balaban J connectivity index is 2.41. The molecular weight excluding hydrogens is 406 g/mol. The second-order valence-corrected chi connectivity index (χ2v) is 7.49. The maximum absolute atomic E-state index is 13.7. The summed E-state index contributed by atoms with van der Waals surface area (Å²) in [6.45, 7) is 1.46. The predicted molar refractivity (Wildman–Crippen MR) is 88.4 cm³/mol. The second kappa shape index (κ2) is 7.15. The second-order valence-electron chi connectivity index (χ2n) is 4.62. The molecule has 24 heavy (non-hydrogen) atoms. The molecule has 0 aliphatic carbocycles. The number of anilines is 1. The van der Waals surface area contributed by atoms with E-state index in [-0.39, 0.29) is 28.5 Å². The van der Waals surface area contributed by atoms with Crippen molar-refractivity contribution in [3.8, 4) is 17.6 Å². The lowest BCUT2D eigenvalue weighted by atomic mass is 10.2. The van der Waals surface area contributed by atoms with E-state index < -0.39 is 21.7 Å². The Hall–Kier alpha value is -2.18. The molecular formula is C15H11BrF2N2O3S. The maximum atomic E-state index is 13.7. The van der Waals surface area contributed by atoms with E-state index in [2.05, 4.69) is 20.7 Å². The highest BCUT2D eigenvalue weighted by atomic mass is 79.9. The Bertz CT molecular complexity index is 927. The molecule has 0 bridgehead atoms. The highest BCUT2D eigenvalue weighted by molar-refractivity contribution is 9.10. The fraction of sp³-hybridized carbons (Fsp3) is 0.133. The summed E-state index contributed by atoms with van der Waals surface area (Å²) in [5.74, 6) is -1.97. The lowest BCUT2D eigenvalue weighted by Crippen LogP contribution is -2.15. The first-order valence-corrected chi connectivity index (χ1v) is 9.07. The summed E-state index contributed by atoms with van der Waals surface area (Å²) in [6, 6.07) is 7.23. The van der Waals surface area contributed by atoms with E-state index in [0.29, 0.717) is 10.5 Å². The van der Waals surface area contributed by atoms with E-state index in [4.69, 9.17) is 4.74 Å². The van der Waals surface area contributed by atoms with Crippen LogP contribution in [0.5, 0.6) is 11.5 Å². The molecule has 9 heteroatoms. The number of nitriles is 1. The third kappa shape index (κ3) is 4.21. The average molecular weight is 417 g/mol. The quantitative estimate of drug-likeness (QED) is 0.793. The van der Waals surface area contributed by atoms with Gasteiger partial charge in [0.1, 0.15) is 17.6 Å². The summed E-state index contributed by atoms with van der Waals surface area (Å²) >= 11 is 3.17. The van der Waals surface area contributed by atoms with E-state index in [1.54, 1.807) is 0 Å². The van der Waals surface area contributed by atoms with Crippen molar-refractivity contribution in [2.45, 2.75) is 6.92 Å². The molecule has 0 atom stereocenters. The molecule has 2 rings (SSSR count). The summed E-state index contributed by atoms with van der Waals surface area (Å²) < 4.78 is 57.8. The lowest BCUT2D eigenvalue weighted by molar-refractivity contribution is 0.435. The number of rotatable bonds is 5. The Morgan fingerprint density at radius 1 is 1.25 bits per heavy atom. The smallest absolute Gasteiger partial charge is 0.232 e. The van der Waals surface area contributed by atoms with Crippen molar-refractivity contribution in [3.63, 3.8) is 0 Å². The van der Waals surface area contributed by atoms with Crippen LogP contribution in [0.4, 0.5) is 14.5 Å². The predicted octanol–water partition coefficient (Wildman–Crippen LogP) is 4.15. The van der Waals surface area contributed by atoms with Crippen LogP contribution in [0.15, 0.2) is 34.8 Å². The third-order valence-corrected chi connectivity index (χ3v) is 4.86. The molecule has 0 radical (unpaired) electrons. The molecule has 0 aliphatic heterocycles. The van der Waals surface area contributed by atoms with E-state index in [1.165, 1.54) is 19.1 Å². The fourth-order valence-electron chi connectivity index (χ4n) is 1.72. The number of ether oxygens (including phenoxy) is 1. The summed E-state index contributed by atoms with van der Waals surface area (Å²) in [4.78, 5) is 0. The number of halogens is 3. The molecule has 5 nitrogen and oxygen atoms in total. The molecule has 126 valence electrons. The summed E-state index contributed by atoms with van der Waals surface area (Å²) in [5.41, 5.74) is 0.0610. The van der Waals surface area contributed by atoms with E-state index in [9.17, 15) is 22.5 Å². The van der Waals surface area contributed by atoms with Crippen molar-refractivity contribution >= 4 is 31.6 Å². The molecule has 1 N–H and O–H groups in total. The van der Waals surface area contributed by atoms with Crippen LogP contribution in [0.2, 0.25) is 0 Å². The van der Waals surface area contributed by atoms with Crippen molar-refractivity contribution in [1.82, 2.24) is 0 Å². The first-order valence-electron chi connectivity index (χ1n) is 6.62. The van der Waals surface area contributed by atoms with Gasteiger partial charge in [-0.25, -0.2) is 17.2 Å². The van der Waals surface area contributed by atoms with Crippen LogP contribution in [-0.4, -0.2) is 14.2 Å². The van der Waals surface area contributed by atoms with Crippen LogP contribution in [0, 0.1) is 23.0 Å². The van der Waals surface area contributed by atoms with Crippen LogP contribution >= 0.6 is 15.9 Å². The Morgan fingerprint density at radius 2 is 1.96 bits per heavy atom. The Labute approximate surface area is 146 Å². The maximum Gasteiger partial charge on any atom is 0.232 e. The standard InChI is InChI=1S/C15H11BrF2N2O3S/c1-2-24(21,22)20-13-7-11(16)15(5-9(13)8-19)23-14-4-3-10(17)6-12(14)18/h3-7,20H,2H2,1H3. The van der Waals surface area contributed by atoms with E-state index in [1.807, 2.05) is 6.07 Å². The zero-order chi connectivity index (χ0) is 17.9. The zero-order valence-corrected chi connectivity index (χ0v) is 14.7. The van der Waals surface area contributed by atoms with Crippen molar-refractivity contribution in [1.29, 1.82) is 5.26 Å². The van der Waals surface area contributed by atoms with Crippen LogP contribution in [0.1, 0.15) is 12.5 Å². The first-order chi connectivity index (χ1) is 11.3. The SMILES string of the molecule is CCS(=O)(=O)Nc1cc(Br)c(Oc2ccc(F)cc2F)cc1C#N. The van der Waals surface area contributed by atoms with Gasteiger partial charge < -0.3 is 4.74 Å². The number of sulfonamides is 1. The van der Waals surface area contributed by atoms with Crippen LogP contribution in [-0.2, 0) is 10.0 Å². The van der Waals surface area contributed by atoms with Gasteiger partial charge in [-0.1, -0.05) is 0 Å². The third-order valence-electron chi connectivity index (χ3n) is 2.95. The summed E-state index contributed by atoms with van der Waals surface area (Å²) in [5, 5.41) is 9.18. The number of nitrogens with one attached hydrogen (secondary N) is 1. The largest absolute Gasteiger partial charge is 0.453 e. The van der Waals surface area contributed by atoms with Crippen molar-refractivity contribution < 1.29 is 21.9 Å². The molecule has 0 aliphatic rings. The first kappa shape index (κ1) is 18.2. The average Bonchev–Trinajstić information content (AvgIpc) is 2.52. The molecule has 0 saturated heterocycles. The molecule has 0 spiro atoms. The van der Waals surface area contributed by atoms with Gasteiger partial charge in [-0.2, -0.15) is 5.26 Å². The monoisotopic (exact) mass is 416 g/mol. The molecule has 0 heterocycles. The lowest BCUT2D eigenvalue weighted by Gasteiger charge is -2.13. The van der Waals surface area contributed by atoms with Gasteiger partial charge in [-0.05, 0) is 41.1 Å². The van der Waals surface area contributed by atoms with Gasteiger partial charge in [0.15, 0.2) is 11.6 Å². The van der Waals surface area contributed by atoms with Crippen LogP contribution < -0.4 is 9.46 Å². The van der Waals surface area contributed by atoms with Gasteiger partial charge in [0, 0.05) is 12.1 Å².